The van der Waals surface area contributed by atoms with Crippen molar-refractivity contribution < 1.29 is 0 Å². The van der Waals surface area contributed by atoms with Crippen LogP contribution in [0.15, 0.2) is 61.8 Å². The zero-order chi connectivity index (χ0) is 19.6. The lowest BCUT2D eigenvalue weighted by atomic mass is 9.77. The monoisotopic (exact) mass is 376 g/mol. The molecule has 1 aromatic carbocycles. The summed E-state index contributed by atoms with van der Waals surface area (Å²) in [5, 5.41) is 8.63. The number of hydrogen-bond acceptors (Lipinski definition) is 3. The van der Waals surface area contributed by atoms with Crippen molar-refractivity contribution in [2.45, 2.75) is 44.8 Å². The fourth-order valence-electron chi connectivity index (χ4n) is 5.26. The van der Waals surface area contributed by atoms with Crippen LogP contribution in [0.1, 0.15) is 42.1 Å². The Morgan fingerprint density at radius 2 is 1.96 bits per heavy atom. The average molecular weight is 377 g/mol. The maximum atomic E-state index is 4.83. The average Bonchev–Trinajstić information content (AvgIpc) is 3.23. The van der Waals surface area contributed by atoms with Crippen molar-refractivity contribution in [2.24, 2.45) is 5.41 Å². The summed E-state index contributed by atoms with van der Waals surface area (Å²) in [5.74, 6) is 0. The number of hydrogen-bond donors (Lipinski definition) is 1. The fourth-order valence-corrected chi connectivity index (χ4v) is 5.26. The number of aromatic nitrogens is 2. The lowest BCUT2D eigenvalue weighted by molar-refractivity contribution is 0.159. The van der Waals surface area contributed by atoms with Crippen molar-refractivity contribution in [1.82, 2.24) is 20.0 Å². The third-order valence-electron chi connectivity index (χ3n) is 6.46. The van der Waals surface area contributed by atoms with Crippen LogP contribution in [0.3, 0.4) is 0 Å². The Balaban J connectivity index is 1.57. The molecule has 4 rings (SSSR count). The summed E-state index contributed by atoms with van der Waals surface area (Å²) < 4.78 is 2.09. The first-order valence-corrected chi connectivity index (χ1v) is 10.4. The van der Waals surface area contributed by atoms with E-state index in [9.17, 15) is 0 Å². The van der Waals surface area contributed by atoms with Crippen LogP contribution in [-0.4, -0.2) is 40.4 Å². The van der Waals surface area contributed by atoms with Crippen molar-refractivity contribution in [1.29, 1.82) is 0 Å². The summed E-state index contributed by atoms with van der Waals surface area (Å²) in [5.41, 5.74) is 4.05. The van der Waals surface area contributed by atoms with Gasteiger partial charge in [-0.2, -0.15) is 5.10 Å². The molecule has 4 nitrogen and oxygen atoms in total. The van der Waals surface area contributed by atoms with E-state index in [0.29, 0.717) is 12.1 Å². The Morgan fingerprint density at radius 3 is 2.68 bits per heavy atom. The molecule has 2 unspecified atom stereocenters. The van der Waals surface area contributed by atoms with Gasteiger partial charge < -0.3 is 5.32 Å². The molecule has 3 heterocycles. The Bertz CT molecular complexity index is 812. The van der Waals surface area contributed by atoms with E-state index >= 15 is 0 Å². The second kappa shape index (κ2) is 8.06. The minimum Gasteiger partial charge on any atom is -0.307 e. The van der Waals surface area contributed by atoms with E-state index in [1.54, 1.807) is 0 Å². The molecule has 0 aliphatic carbocycles. The Labute approximate surface area is 168 Å². The molecular weight excluding hydrogens is 344 g/mol. The molecule has 2 aromatic rings. The molecule has 0 saturated carbocycles. The first-order chi connectivity index (χ1) is 13.6. The van der Waals surface area contributed by atoms with E-state index in [0.717, 1.165) is 44.7 Å². The maximum Gasteiger partial charge on any atom is 0.0659 e. The zero-order valence-corrected chi connectivity index (χ0v) is 17.0. The van der Waals surface area contributed by atoms with E-state index in [1.807, 2.05) is 0 Å². The van der Waals surface area contributed by atoms with Crippen LogP contribution in [0, 0.1) is 12.3 Å². The minimum atomic E-state index is 0.284. The normalized spacial score (nSPS) is 24.0. The fraction of sp³-hybridized carbons (Fsp3) is 0.458. The second-order valence-electron chi connectivity index (χ2n) is 8.51. The number of allylic oxidation sites excluding steroid dienone is 2. The van der Waals surface area contributed by atoms with Gasteiger partial charge >= 0.3 is 0 Å². The minimum absolute atomic E-state index is 0.284. The quantitative estimate of drug-likeness (QED) is 0.739. The molecule has 28 heavy (non-hydrogen) atoms. The third kappa shape index (κ3) is 3.71. The van der Waals surface area contributed by atoms with Crippen LogP contribution in [0.5, 0.6) is 0 Å². The van der Waals surface area contributed by atoms with Gasteiger partial charge in [0.15, 0.2) is 0 Å². The SMILES string of the molecule is C=CCC1(CC=C)CC2C(c3cn(Cc4ccccc4)nc3C)NCCN2C1. The van der Waals surface area contributed by atoms with Gasteiger partial charge in [-0.05, 0) is 37.2 Å². The molecule has 1 N–H and O–H groups in total. The van der Waals surface area contributed by atoms with Crippen molar-refractivity contribution in [2.75, 3.05) is 19.6 Å². The summed E-state index contributed by atoms with van der Waals surface area (Å²) in [7, 11) is 0. The summed E-state index contributed by atoms with van der Waals surface area (Å²) in [4.78, 5) is 2.68. The van der Waals surface area contributed by atoms with E-state index in [-0.39, 0.29) is 5.41 Å². The summed E-state index contributed by atoms with van der Waals surface area (Å²) in [6.45, 7) is 14.3. The lowest BCUT2D eigenvalue weighted by Crippen LogP contribution is -2.50. The highest BCUT2D eigenvalue weighted by Gasteiger charge is 2.47. The van der Waals surface area contributed by atoms with Gasteiger partial charge in [-0.15, -0.1) is 13.2 Å². The molecule has 2 fully saturated rings. The molecule has 0 radical (unpaired) electrons. The van der Waals surface area contributed by atoms with Gasteiger partial charge in [0, 0.05) is 37.4 Å². The number of rotatable bonds is 7. The van der Waals surface area contributed by atoms with Gasteiger partial charge in [0.25, 0.3) is 0 Å². The van der Waals surface area contributed by atoms with Crippen LogP contribution >= 0.6 is 0 Å². The van der Waals surface area contributed by atoms with Crippen LogP contribution in [0.4, 0.5) is 0 Å². The van der Waals surface area contributed by atoms with Crippen LogP contribution < -0.4 is 5.32 Å². The summed E-state index contributed by atoms with van der Waals surface area (Å²) >= 11 is 0. The summed E-state index contributed by atoms with van der Waals surface area (Å²) in [6.07, 6.45) is 9.74. The molecule has 0 spiro atoms. The smallest absolute Gasteiger partial charge is 0.0659 e. The van der Waals surface area contributed by atoms with Crippen molar-refractivity contribution >= 4 is 0 Å². The Morgan fingerprint density at radius 1 is 1.21 bits per heavy atom. The van der Waals surface area contributed by atoms with E-state index in [2.05, 4.69) is 83.7 Å². The molecule has 0 amide bonds. The molecule has 148 valence electrons. The lowest BCUT2D eigenvalue weighted by Gasteiger charge is -2.37. The predicted octanol–water partition coefficient (Wildman–Crippen LogP) is 4.10. The largest absolute Gasteiger partial charge is 0.307 e. The van der Waals surface area contributed by atoms with Crippen molar-refractivity contribution in [3.63, 3.8) is 0 Å². The zero-order valence-electron chi connectivity index (χ0n) is 17.0. The van der Waals surface area contributed by atoms with Gasteiger partial charge in [-0.25, -0.2) is 0 Å². The van der Waals surface area contributed by atoms with Crippen molar-refractivity contribution in [3.8, 4) is 0 Å². The first-order valence-electron chi connectivity index (χ1n) is 10.4. The predicted molar refractivity (Wildman–Crippen MR) is 115 cm³/mol. The topological polar surface area (TPSA) is 33.1 Å². The van der Waals surface area contributed by atoms with Gasteiger partial charge in [0.1, 0.15) is 0 Å². The number of nitrogens with one attached hydrogen (secondary N) is 1. The molecule has 0 bridgehead atoms. The van der Waals surface area contributed by atoms with Crippen LogP contribution in [0.2, 0.25) is 0 Å². The van der Waals surface area contributed by atoms with E-state index < -0.39 is 0 Å². The molecule has 4 heteroatoms. The van der Waals surface area contributed by atoms with E-state index in [1.165, 1.54) is 17.5 Å². The standard InChI is InChI=1S/C24H32N4/c1-4-11-24(12-5-2)15-22-23(25-13-14-27(22)18-24)21-17-28(26-19(21)3)16-20-9-7-6-8-10-20/h4-10,17,22-23,25H,1-2,11-16,18H2,3H3. The molecule has 2 aliphatic rings. The molecule has 2 aliphatic heterocycles. The molecule has 2 atom stereocenters. The van der Waals surface area contributed by atoms with Gasteiger partial charge in [0.05, 0.1) is 18.3 Å². The first kappa shape index (κ1) is 19.2. The molecular formula is C24H32N4. The Hall–Kier alpha value is -2.17. The highest BCUT2D eigenvalue weighted by atomic mass is 15.3. The number of nitrogens with zero attached hydrogens (tertiary/aromatic N) is 3. The molecule has 2 saturated heterocycles. The van der Waals surface area contributed by atoms with Crippen LogP contribution in [0.25, 0.3) is 0 Å². The molecule has 1 aromatic heterocycles. The third-order valence-corrected chi connectivity index (χ3v) is 6.46. The number of benzene rings is 1. The van der Waals surface area contributed by atoms with Gasteiger partial charge in [-0.3, -0.25) is 9.58 Å². The Kier molecular flexibility index (Phi) is 5.51. The van der Waals surface area contributed by atoms with Crippen molar-refractivity contribution in [3.05, 3.63) is 78.7 Å². The number of fused-ring (bicyclic) bond motifs is 1. The summed E-state index contributed by atoms with van der Waals surface area (Å²) in [6, 6.07) is 11.4. The van der Waals surface area contributed by atoms with Gasteiger partial charge in [0.2, 0.25) is 0 Å². The number of aryl methyl sites for hydroxylation is 1. The highest BCUT2D eigenvalue weighted by molar-refractivity contribution is 5.26. The maximum absolute atomic E-state index is 4.83. The number of piperazine rings is 1. The van der Waals surface area contributed by atoms with Crippen LogP contribution in [-0.2, 0) is 6.54 Å². The van der Waals surface area contributed by atoms with Gasteiger partial charge in [-0.1, -0.05) is 42.5 Å². The second-order valence-corrected chi connectivity index (χ2v) is 8.51. The van der Waals surface area contributed by atoms with E-state index in [4.69, 9.17) is 5.10 Å². The highest BCUT2D eigenvalue weighted by Crippen LogP contribution is 2.46.